The maximum absolute atomic E-state index is 14.7. The molecular weight excluding hydrogens is 443 g/mol. The average molecular weight is 469 g/mol. The summed E-state index contributed by atoms with van der Waals surface area (Å²) in [5, 5.41) is 3.08. The van der Waals surface area contributed by atoms with Crippen LogP contribution in [0.5, 0.6) is 11.5 Å². The minimum Gasteiger partial charge on any atom is -0.457 e. The van der Waals surface area contributed by atoms with E-state index in [-0.39, 0.29) is 41.3 Å². The molecule has 3 rings (SSSR count). The van der Waals surface area contributed by atoms with Crippen molar-refractivity contribution in [3.63, 3.8) is 0 Å². The van der Waals surface area contributed by atoms with E-state index in [0.717, 1.165) is 11.1 Å². The van der Waals surface area contributed by atoms with Crippen LogP contribution in [0, 0.1) is 5.82 Å². The molecule has 0 aliphatic carbocycles. The Hall–Kier alpha value is -3.25. The fourth-order valence-electron chi connectivity index (χ4n) is 3.26. The molecule has 172 valence electrons. The molecule has 1 amide bonds. The van der Waals surface area contributed by atoms with Gasteiger partial charge in [0.2, 0.25) is 5.91 Å². The summed E-state index contributed by atoms with van der Waals surface area (Å²) in [6.45, 7) is 7.65. The number of Topliss-reactive ketones (excluding diaryl/α,β-unsaturated/α-hetero) is 1. The van der Waals surface area contributed by atoms with E-state index in [9.17, 15) is 14.0 Å². The smallest absolute Gasteiger partial charge is 0.222 e. The van der Waals surface area contributed by atoms with Crippen LogP contribution in [0.25, 0.3) is 0 Å². The Morgan fingerprint density at radius 1 is 1.00 bits per heavy atom. The second-order valence-electron chi connectivity index (χ2n) is 8.86. The Morgan fingerprint density at radius 2 is 1.70 bits per heavy atom. The van der Waals surface area contributed by atoms with Crippen molar-refractivity contribution < 1.29 is 18.7 Å². The monoisotopic (exact) mass is 468 g/mol. The summed E-state index contributed by atoms with van der Waals surface area (Å²) in [6, 6.07) is 13.2. The van der Waals surface area contributed by atoms with Crippen LogP contribution in [0.1, 0.15) is 44.4 Å². The van der Waals surface area contributed by atoms with Crippen molar-refractivity contribution in [2.24, 2.45) is 0 Å². The number of rotatable bonds is 7. The lowest BCUT2D eigenvalue weighted by Crippen LogP contribution is -2.13. The fourth-order valence-corrected chi connectivity index (χ4v) is 3.44. The molecule has 0 atom stereocenters. The maximum atomic E-state index is 14.7. The van der Waals surface area contributed by atoms with E-state index >= 15 is 0 Å². The van der Waals surface area contributed by atoms with Crippen molar-refractivity contribution in [3.05, 3.63) is 82.3 Å². The van der Waals surface area contributed by atoms with E-state index < -0.39 is 5.82 Å². The molecule has 0 unspecified atom stereocenters. The van der Waals surface area contributed by atoms with Crippen molar-refractivity contribution >= 4 is 29.1 Å². The summed E-state index contributed by atoms with van der Waals surface area (Å²) in [5.41, 5.74) is 2.04. The number of pyridine rings is 1. The number of hydrogen-bond acceptors (Lipinski definition) is 4. The zero-order valence-corrected chi connectivity index (χ0v) is 19.8. The Labute approximate surface area is 198 Å². The van der Waals surface area contributed by atoms with Crippen LogP contribution in [0.3, 0.4) is 0 Å². The van der Waals surface area contributed by atoms with Gasteiger partial charge in [0.25, 0.3) is 0 Å². The molecule has 1 N–H and O–H groups in total. The Morgan fingerprint density at radius 3 is 2.36 bits per heavy atom. The van der Waals surface area contributed by atoms with Gasteiger partial charge in [-0.1, -0.05) is 50.6 Å². The predicted molar refractivity (Wildman–Crippen MR) is 128 cm³/mol. The summed E-state index contributed by atoms with van der Waals surface area (Å²) in [5.74, 6) is 0.0640. The molecule has 33 heavy (non-hydrogen) atoms. The van der Waals surface area contributed by atoms with Gasteiger partial charge in [-0.05, 0) is 40.3 Å². The highest BCUT2D eigenvalue weighted by molar-refractivity contribution is 6.31. The number of anilines is 1. The lowest BCUT2D eigenvalue weighted by atomic mass is 9.85. The van der Waals surface area contributed by atoms with Crippen molar-refractivity contribution in [1.29, 1.82) is 0 Å². The van der Waals surface area contributed by atoms with Gasteiger partial charge in [0.05, 0.1) is 0 Å². The molecule has 7 heteroatoms. The first-order valence-electron chi connectivity index (χ1n) is 10.5. The summed E-state index contributed by atoms with van der Waals surface area (Å²) in [6.07, 6.45) is 1.55. The molecule has 0 saturated carbocycles. The molecule has 0 spiro atoms. The van der Waals surface area contributed by atoms with Crippen LogP contribution in [-0.4, -0.2) is 16.7 Å². The SMILES string of the molecule is CC(=O)Nc1cc(Oc2ccc(CC(=O)Cc3cc(C(C)(C)C)ccc3Cl)c(F)c2)ccn1. The minimum atomic E-state index is -0.536. The van der Waals surface area contributed by atoms with Crippen LogP contribution in [-0.2, 0) is 27.8 Å². The first kappa shape index (κ1) is 24.4. The van der Waals surface area contributed by atoms with E-state index in [1.165, 1.54) is 31.3 Å². The lowest BCUT2D eigenvalue weighted by molar-refractivity contribution is -0.118. The third-order valence-electron chi connectivity index (χ3n) is 4.98. The molecule has 5 nitrogen and oxygen atoms in total. The molecular formula is C26H26ClFN2O3. The van der Waals surface area contributed by atoms with Gasteiger partial charge in [-0.2, -0.15) is 0 Å². The van der Waals surface area contributed by atoms with Gasteiger partial charge >= 0.3 is 0 Å². The van der Waals surface area contributed by atoms with Crippen LogP contribution >= 0.6 is 11.6 Å². The number of amides is 1. The average Bonchev–Trinajstić information content (AvgIpc) is 2.70. The van der Waals surface area contributed by atoms with Crippen LogP contribution in [0.4, 0.5) is 10.2 Å². The van der Waals surface area contributed by atoms with Crippen molar-refractivity contribution in [2.45, 2.75) is 46.0 Å². The Kier molecular flexibility index (Phi) is 7.49. The standard InChI is InChI=1S/C26H26ClFN2O3/c1-16(31)30-25-15-22(9-10-29-25)33-21-7-5-17(24(28)14-21)12-20(32)13-18-11-19(26(2,3)4)6-8-23(18)27/h5-11,14-15H,12-13H2,1-4H3,(H,29,30,31). The number of ether oxygens (including phenoxy) is 1. The zero-order valence-electron chi connectivity index (χ0n) is 19.0. The largest absolute Gasteiger partial charge is 0.457 e. The van der Waals surface area contributed by atoms with Crippen LogP contribution < -0.4 is 10.1 Å². The molecule has 0 radical (unpaired) electrons. The summed E-state index contributed by atoms with van der Waals surface area (Å²) < 4.78 is 20.3. The number of nitrogens with zero attached hydrogens (tertiary/aromatic N) is 1. The molecule has 0 saturated heterocycles. The number of nitrogens with one attached hydrogen (secondary N) is 1. The number of aromatic nitrogens is 1. The highest BCUT2D eigenvalue weighted by atomic mass is 35.5. The zero-order chi connectivity index (χ0) is 24.2. The van der Waals surface area contributed by atoms with Crippen LogP contribution in [0.15, 0.2) is 54.7 Å². The number of ketones is 1. The highest BCUT2D eigenvalue weighted by Gasteiger charge is 2.17. The van der Waals surface area contributed by atoms with Gasteiger partial charge in [0.1, 0.15) is 28.9 Å². The second kappa shape index (κ2) is 10.1. The number of carbonyl (C=O) groups excluding carboxylic acids is 2. The summed E-state index contributed by atoms with van der Waals surface area (Å²) in [4.78, 5) is 27.8. The molecule has 3 aromatic rings. The number of carbonyl (C=O) groups is 2. The van der Waals surface area contributed by atoms with Gasteiger partial charge in [-0.25, -0.2) is 9.37 Å². The van der Waals surface area contributed by atoms with E-state index in [1.807, 2.05) is 12.1 Å². The van der Waals surface area contributed by atoms with E-state index in [4.69, 9.17) is 16.3 Å². The molecule has 0 aliphatic rings. The van der Waals surface area contributed by atoms with Crippen molar-refractivity contribution in [1.82, 2.24) is 4.98 Å². The Balaban J connectivity index is 1.68. The highest BCUT2D eigenvalue weighted by Crippen LogP contribution is 2.28. The third kappa shape index (κ3) is 6.86. The fraction of sp³-hybridized carbons (Fsp3) is 0.269. The normalized spacial score (nSPS) is 11.2. The number of hydrogen-bond donors (Lipinski definition) is 1. The van der Waals surface area contributed by atoms with Gasteiger partial charge in [-0.15, -0.1) is 0 Å². The topological polar surface area (TPSA) is 68.3 Å². The third-order valence-corrected chi connectivity index (χ3v) is 5.35. The lowest BCUT2D eigenvalue weighted by Gasteiger charge is -2.20. The first-order valence-corrected chi connectivity index (χ1v) is 10.9. The summed E-state index contributed by atoms with van der Waals surface area (Å²) >= 11 is 6.29. The minimum absolute atomic E-state index is 0.0515. The number of halogens is 2. The van der Waals surface area contributed by atoms with E-state index in [1.54, 1.807) is 18.2 Å². The van der Waals surface area contributed by atoms with Crippen molar-refractivity contribution in [3.8, 4) is 11.5 Å². The van der Waals surface area contributed by atoms with Gasteiger partial charge in [-0.3, -0.25) is 9.59 Å². The number of benzene rings is 2. The molecule has 0 aliphatic heterocycles. The Bertz CT molecular complexity index is 1190. The molecule has 0 bridgehead atoms. The second-order valence-corrected chi connectivity index (χ2v) is 9.27. The van der Waals surface area contributed by atoms with E-state index in [0.29, 0.717) is 16.6 Å². The van der Waals surface area contributed by atoms with Crippen molar-refractivity contribution in [2.75, 3.05) is 5.32 Å². The maximum Gasteiger partial charge on any atom is 0.222 e. The molecule has 2 aromatic carbocycles. The predicted octanol–water partition coefficient (Wildman–Crippen LogP) is 6.28. The molecule has 1 aromatic heterocycles. The quantitative estimate of drug-likeness (QED) is 0.443. The first-order chi connectivity index (χ1) is 15.5. The van der Waals surface area contributed by atoms with Crippen LogP contribution in [0.2, 0.25) is 5.02 Å². The van der Waals surface area contributed by atoms with E-state index in [2.05, 4.69) is 31.1 Å². The molecule has 1 heterocycles. The van der Waals surface area contributed by atoms with Gasteiger partial charge in [0.15, 0.2) is 0 Å². The molecule has 0 fully saturated rings. The van der Waals surface area contributed by atoms with Gasteiger partial charge in [0, 0.05) is 43.1 Å². The van der Waals surface area contributed by atoms with Gasteiger partial charge < -0.3 is 10.1 Å². The summed E-state index contributed by atoms with van der Waals surface area (Å²) in [7, 11) is 0.